The summed E-state index contributed by atoms with van der Waals surface area (Å²) in [5, 5.41) is 4.97. The third kappa shape index (κ3) is 5.90. The van der Waals surface area contributed by atoms with Gasteiger partial charge in [0, 0.05) is 23.8 Å². The average molecular weight is 427 g/mol. The fourth-order valence-corrected chi connectivity index (χ4v) is 3.80. The molecule has 0 unspecified atom stereocenters. The molecule has 2 heterocycles. The molecule has 0 fully saturated rings. The maximum absolute atomic E-state index is 13.0. The third-order valence-electron chi connectivity index (χ3n) is 4.62. The lowest BCUT2D eigenvalue weighted by Gasteiger charge is -2.10. The first kappa shape index (κ1) is 20.6. The van der Waals surface area contributed by atoms with Crippen molar-refractivity contribution < 1.29 is 9.53 Å². The molecular formula is C26H22N2O2S. The summed E-state index contributed by atoms with van der Waals surface area (Å²) in [6.45, 7) is 0.924. The van der Waals surface area contributed by atoms with Crippen molar-refractivity contribution in [1.29, 1.82) is 0 Å². The number of amides is 1. The highest BCUT2D eigenvalue weighted by atomic mass is 32.1. The molecule has 4 nitrogen and oxygen atoms in total. The molecule has 2 aromatic heterocycles. The van der Waals surface area contributed by atoms with Gasteiger partial charge >= 0.3 is 0 Å². The summed E-state index contributed by atoms with van der Waals surface area (Å²) in [6, 6.07) is 25.5. The van der Waals surface area contributed by atoms with Gasteiger partial charge in [-0.3, -0.25) is 9.78 Å². The average Bonchev–Trinajstić information content (AvgIpc) is 3.36. The molecule has 0 radical (unpaired) electrons. The molecule has 0 saturated heterocycles. The Balaban J connectivity index is 1.51. The number of carbonyl (C=O) groups is 1. The molecule has 0 bridgehead atoms. The Labute approximate surface area is 185 Å². The molecule has 154 valence electrons. The predicted octanol–water partition coefficient (Wildman–Crippen LogP) is 5.58. The smallest absolute Gasteiger partial charge is 0.253 e. The Morgan fingerprint density at radius 2 is 1.84 bits per heavy atom. The van der Waals surface area contributed by atoms with Crippen LogP contribution >= 0.6 is 11.3 Å². The molecule has 2 aromatic carbocycles. The van der Waals surface area contributed by atoms with Crippen molar-refractivity contribution in [1.82, 2.24) is 10.3 Å². The molecule has 4 aromatic rings. The van der Waals surface area contributed by atoms with Crippen LogP contribution in [-0.4, -0.2) is 10.9 Å². The van der Waals surface area contributed by atoms with E-state index in [1.807, 2.05) is 90.3 Å². The van der Waals surface area contributed by atoms with Gasteiger partial charge in [-0.15, -0.1) is 11.3 Å². The van der Waals surface area contributed by atoms with E-state index in [9.17, 15) is 4.79 Å². The normalized spacial score (nSPS) is 11.2. The van der Waals surface area contributed by atoms with E-state index in [4.69, 9.17) is 4.74 Å². The Morgan fingerprint density at radius 3 is 2.61 bits per heavy atom. The Kier molecular flexibility index (Phi) is 6.88. The van der Waals surface area contributed by atoms with Crippen LogP contribution in [-0.2, 0) is 17.9 Å². The van der Waals surface area contributed by atoms with Crippen LogP contribution in [0.2, 0.25) is 0 Å². The van der Waals surface area contributed by atoms with Gasteiger partial charge < -0.3 is 10.1 Å². The van der Waals surface area contributed by atoms with Crippen LogP contribution in [0, 0.1) is 0 Å². The molecule has 0 saturated carbocycles. The van der Waals surface area contributed by atoms with Gasteiger partial charge in [0.05, 0.1) is 5.57 Å². The van der Waals surface area contributed by atoms with Gasteiger partial charge in [-0.1, -0.05) is 54.6 Å². The van der Waals surface area contributed by atoms with Crippen LogP contribution < -0.4 is 10.1 Å². The lowest BCUT2D eigenvalue weighted by molar-refractivity contribution is -0.115. The van der Waals surface area contributed by atoms with Gasteiger partial charge in [0.1, 0.15) is 12.4 Å². The summed E-state index contributed by atoms with van der Waals surface area (Å²) in [5.74, 6) is 0.640. The van der Waals surface area contributed by atoms with Crippen molar-refractivity contribution in [2.45, 2.75) is 13.2 Å². The van der Waals surface area contributed by atoms with Crippen LogP contribution in [0.1, 0.15) is 21.6 Å². The number of aromatic nitrogens is 1. The molecule has 0 atom stereocenters. The molecule has 0 spiro atoms. The second kappa shape index (κ2) is 10.4. The summed E-state index contributed by atoms with van der Waals surface area (Å²) in [5.41, 5.74) is 3.60. The fraction of sp³-hybridized carbons (Fsp3) is 0.0769. The first-order valence-electron chi connectivity index (χ1n) is 9.97. The van der Waals surface area contributed by atoms with Crippen LogP contribution in [0.5, 0.6) is 5.75 Å². The van der Waals surface area contributed by atoms with Gasteiger partial charge in [0.25, 0.3) is 5.91 Å². The van der Waals surface area contributed by atoms with Crippen molar-refractivity contribution >= 4 is 28.9 Å². The molecule has 0 aliphatic rings. The number of hydrogen-bond acceptors (Lipinski definition) is 4. The number of hydrogen-bond donors (Lipinski definition) is 1. The summed E-state index contributed by atoms with van der Waals surface area (Å²) in [7, 11) is 0. The van der Waals surface area contributed by atoms with E-state index in [0.717, 1.165) is 27.3 Å². The number of rotatable bonds is 8. The number of pyridine rings is 1. The van der Waals surface area contributed by atoms with Gasteiger partial charge in [0.2, 0.25) is 0 Å². The third-order valence-corrected chi connectivity index (χ3v) is 5.53. The van der Waals surface area contributed by atoms with Crippen LogP contribution in [0.25, 0.3) is 11.6 Å². The first-order chi connectivity index (χ1) is 15.3. The molecule has 1 N–H and O–H groups in total. The van der Waals surface area contributed by atoms with Crippen molar-refractivity contribution in [2.75, 3.05) is 0 Å². The molecule has 31 heavy (non-hydrogen) atoms. The minimum absolute atomic E-state index is 0.123. The number of carbonyl (C=O) groups excluding carboxylic acids is 1. The van der Waals surface area contributed by atoms with Gasteiger partial charge in [-0.05, 0) is 52.4 Å². The second-order valence-corrected chi connectivity index (χ2v) is 7.87. The highest BCUT2D eigenvalue weighted by Gasteiger charge is 2.13. The lowest BCUT2D eigenvalue weighted by Crippen LogP contribution is -2.23. The van der Waals surface area contributed by atoms with Crippen molar-refractivity contribution in [3.05, 3.63) is 118 Å². The van der Waals surface area contributed by atoms with Gasteiger partial charge in [0.15, 0.2) is 0 Å². The summed E-state index contributed by atoms with van der Waals surface area (Å²) < 4.78 is 5.94. The quantitative estimate of drug-likeness (QED) is 0.374. The van der Waals surface area contributed by atoms with Gasteiger partial charge in [-0.2, -0.15) is 0 Å². The molecule has 4 rings (SSSR count). The zero-order valence-corrected chi connectivity index (χ0v) is 17.7. The number of thiophene rings is 1. The SMILES string of the molecule is O=C(NCc1cccnc1)/C(=C/c1cccc(OCc2ccccc2)c1)c1cccs1. The molecule has 1 amide bonds. The zero-order valence-electron chi connectivity index (χ0n) is 16.9. The highest BCUT2D eigenvalue weighted by Crippen LogP contribution is 2.25. The predicted molar refractivity (Wildman–Crippen MR) is 125 cm³/mol. The molecule has 0 aliphatic heterocycles. The van der Waals surface area contributed by atoms with E-state index >= 15 is 0 Å². The minimum atomic E-state index is -0.123. The Bertz CT molecular complexity index is 1140. The van der Waals surface area contributed by atoms with Crippen LogP contribution in [0.3, 0.4) is 0 Å². The van der Waals surface area contributed by atoms with Crippen molar-refractivity contribution in [3.63, 3.8) is 0 Å². The Morgan fingerprint density at radius 1 is 0.968 bits per heavy atom. The van der Waals surface area contributed by atoms with Crippen molar-refractivity contribution in [2.24, 2.45) is 0 Å². The fourth-order valence-electron chi connectivity index (χ4n) is 3.06. The number of benzene rings is 2. The first-order valence-corrected chi connectivity index (χ1v) is 10.9. The van der Waals surface area contributed by atoms with E-state index in [-0.39, 0.29) is 5.91 Å². The number of nitrogens with zero attached hydrogens (tertiary/aromatic N) is 1. The topological polar surface area (TPSA) is 51.2 Å². The summed E-state index contributed by atoms with van der Waals surface area (Å²) in [6.07, 6.45) is 5.37. The number of ether oxygens (including phenoxy) is 1. The maximum Gasteiger partial charge on any atom is 0.253 e. The molecular weight excluding hydrogens is 404 g/mol. The Hall–Kier alpha value is -3.70. The van der Waals surface area contributed by atoms with Crippen LogP contribution in [0.4, 0.5) is 0 Å². The van der Waals surface area contributed by atoms with E-state index in [1.165, 1.54) is 11.3 Å². The van der Waals surface area contributed by atoms with E-state index in [2.05, 4.69) is 10.3 Å². The minimum Gasteiger partial charge on any atom is -0.489 e. The van der Waals surface area contributed by atoms with Gasteiger partial charge in [-0.25, -0.2) is 0 Å². The summed E-state index contributed by atoms with van der Waals surface area (Å²) >= 11 is 1.54. The van der Waals surface area contributed by atoms with Crippen molar-refractivity contribution in [3.8, 4) is 5.75 Å². The number of nitrogens with one attached hydrogen (secondary N) is 1. The highest BCUT2D eigenvalue weighted by molar-refractivity contribution is 7.11. The largest absolute Gasteiger partial charge is 0.489 e. The van der Waals surface area contributed by atoms with E-state index < -0.39 is 0 Å². The van der Waals surface area contributed by atoms with E-state index in [0.29, 0.717) is 18.7 Å². The lowest BCUT2D eigenvalue weighted by atomic mass is 10.1. The standard InChI is InChI=1S/C26H22N2O2S/c29-26(28-18-22-10-5-13-27-17-22)24(25-12-6-14-31-25)16-21-9-4-11-23(15-21)30-19-20-7-2-1-3-8-20/h1-17H,18-19H2,(H,28,29)/b24-16+. The second-order valence-electron chi connectivity index (χ2n) is 6.93. The maximum atomic E-state index is 13.0. The molecule has 5 heteroatoms. The van der Waals surface area contributed by atoms with E-state index in [1.54, 1.807) is 12.4 Å². The summed E-state index contributed by atoms with van der Waals surface area (Å²) in [4.78, 5) is 18.0. The zero-order chi connectivity index (χ0) is 21.3. The monoisotopic (exact) mass is 426 g/mol. The molecule has 0 aliphatic carbocycles. The van der Waals surface area contributed by atoms with Crippen LogP contribution in [0.15, 0.2) is 96.6 Å².